The van der Waals surface area contributed by atoms with Crippen LogP contribution in [0.1, 0.15) is 21.9 Å². The molecule has 0 saturated heterocycles. The Hall–Kier alpha value is -3.47. The minimum atomic E-state index is -4.93. The van der Waals surface area contributed by atoms with Crippen LogP contribution in [0.5, 0.6) is 0 Å². The van der Waals surface area contributed by atoms with Gasteiger partial charge in [-0.15, -0.1) is 5.10 Å². The summed E-state index contributed by atoms with van der Waals surface area (Å²) in [7, 11) is 0. The van der Waals surface area contributed by atoms with Crippen molar-refractivity contribution in [2.75, 3.05) is 0 Å². The van der Waals surface area contributed by atoms with Gasteiger partial charge >= 0.3 is 6.18 Å². The van der Waals surface area contributed by atoms with Crippen molar-refractivity contribution in [1.29, 1.82) is 0 Å². The molecule has 0 aliphatic rings. The lowest BCUT2D eigenvalue weighted by atomic mass is 10.2. The number of hydrogen-bond donors (Lipinski definition) is 1. The van der Waals surface area contributed by atoms with Gasteiger partial charge in [0.1, 0.15) is 11.5 Å². The van der Waals surface area contributed by atoms with Gasteiger partial charge in [-0.1, -0.05) is 16.8 Å². The van der Waals surface area contributed by atoms with E-state index in [-0.39, 0.29) is 12.2 Å². The molecule has 4 rings (SSSR count). The highest BCUT2D eigenvalue weighted by Gasteiger charge is 2.42. The lowest BCUT2D eigenvalue weighted by Crippen LogP contribution is -2.27. The second-order valence-corrected chi connectivity index (χ2v) is 6.64. The van der Waals surface area contributed by atoms with Gasteiger partial charge in [-0.05, 0) is 36.4 Å². The summed E-state index contributed by atoms with van der Waals surface area (Å²) in [6.07, 6.45) is -1.74. The Morgan fingerprint density at radius 3 is 2.53 bits per heavy atom. The zero-order chi connectivity index (χ0) is 21.5. The van der Waals surface area contributed by atoms with Crippen molar-refractivity contribution in [2.45, 2.75) is 12.7 Å². The summed E-state index contributed by atoms with van der Waals surface area (Å²) in [5.41, 5.74) is -1.40. The maximum Gasteiger partial charge on any atom is 0.435 e. The van der Waals surface area contributed by atoms with E-state index in [1.165, 1.54) is 0 Å². The highest BCUT2D eigenvalue weighted by atomic mass is 35.5. The molecule has 0 aliphatic heterocycles. The Morgan fingerprint density at radius 1 is 1.10 bits per heavy atom. The number of nitrogens with one attached hydrogen (secondary N) is 1. The van der Waals surface area contributed by atoms with Crippen LogP contribution in [0, 0.1) is 5.82 Å². The summed E-state index contributed by atoms with van der Waals surface area (Å²) in [6.45, 7) is -0.140. The van der Waals surface area contributed by atoms with Crippen molar-refractivity contribution < 1.29 is 22.4 Å². The van der Waals surface area contributed by atoms with E-state index in [9.17, 15) is 22.4 Å². The van der Waals surface area contributed by atoms with Crippen LogP contribution < -0.4 is 5.32 Å². The van der Waals surface area contributed by atoms with E-state index in [0.29, 0.717) is 21.0 Å². The number of nitrogens with zero attached hydrogens (tertiary/aromatic N) is 5. The Morgan fingerprint density at radius 2 is 1.83 bits per heavy atom. The minimum absolute atomic E-state index is 0.0903. The molecule has 0 saturated carbocycles. The standard InChI is InChI=1S/C18H11ClF4N6O/c19-10-1-6-14-25-12(9-28(14)8-10)7-24-17(30)15-16(18(21,22)23)29(27-26-15)13-4-2-11(20)3-5-13/h1-6,8-9H,7H2,(H,24,30). The van der Waals surface area contributed by atoms with Crippen LogP contribution in [0.2, 0.25) is 5.02 Å². The monoisotopic (exact) mass is 438 g/mol. The van der Waals surface area contributed by atoms with Crippen LogP contribution in [0.15, 0.2) is 48.8 Å². The Labute approximate surface area is 170 Å². The molecule has 1 N–H and O–H groups in total. The second kappa shape index (κ2) is 7.41. The Bertz CT molecular complexity index is 1230. The molecule has 0 spiro atoms. The predicted octanol–water partition coefficient (Wildman–Crippen LogP) is 3.66. The van der Waals surface area contributed by atoms with Crippen LogP contribution in [0.3, 0.4) is 0 Å². The second-order valence-electron chi connectivity index (χ2n) is 6.20. The van der Waals surface area contributed by atoms with E-state index in [4.69, 9.17) is 11.6 Å². The maximum atomic E-state index is 13.6. The number of benzene rings is 1. The van der Waals surface area contributed by atoms with E-state index in [2.05, 4.69) is 20.6 Å². The van der Waals surface area contributed by atoms with E-state index in [0.717, 1.165) is 24.3 Å². The number of halogens is 5. The number of pyridine rings is 1. The van der Waals surface area contributed by atoms with Crippen LogP contribution in [-0.4, -0.2) is 30.3 Å². The fourth-order valence-electron chi connectivity index (χ4n) is 2.81. The Balaban J connectivity index is 1.60. The van der Waals surface area contributed by atoms with Gasteiger partial charge in [-0.2, -0.15) is 13.2 Å². The zero-order valence-corrected chi connectivity index (χ0v) is 15.6. The highest BCUT2D eigenvalue weighted by molar-refractivity contribution is 6.30. The van der Waals surface area contributed by atoms with Crippen molar-refractivity contribution in [3.05, 3.63) is 76.7 Å². The first-order chi connectivity index (χ1) is 14.2. The smallest absolute Gasteiger partial charge is 0.345 e. The molecule has 4 aromatic rings. The molecule has 0 bridgehead atoms. The van der Waals surface area contributed by atoms with Gasteiger partial charge in [0, 0.05) is 12.4 Å². The average molecular weight is 439 g/mol. The molecule has 12 heteroatoms. The zero-order valence-electron chi connectivity index (χ0n) is 14.9. The van der Waals surface area contributed by atoms with Crippen molar-refractivity contribution in [3.63, 3.8) is 0 Å². The number of carbonyl (C=O) groups excluding carboxylic acids is 1. The van der Waals surface area contributed by atoms with Crippen molar-refractivity contribution in [3.8, 4) is 5.69 Å². The molecule has 7 nitrogen and oxygen atoms in total. The molecule has 0 aliphatic carbocycles. The molecular weight excluding hydrogens is 428 g/mol. The topological polar surface area (TPSA) is 77.1 Å². The van der Waals surface area contributed by atoms with Crippen LogP contribution in [0.4, 0.5) is 17.6 Å². The molecule has 1 aromatic carbocycles. The number of rotatable bonds is 4. The first kappa shape index (κ1) is 19.8. The first-order valence-electron chi connectivity index (χ1n) is 8.42. The molecule has 0 radical (unpaired) electrons. The summed E-state index contributed by atoms with van der Waals surface area (Å²) < 4.78 is 56.0. The number of alkyl halides is 3. The minimum Gasteiger partial charge on any atom is -0.345 e. The fourth-order valence-corrected chi connectivity index (χ4v) is 2.98. The number of fused-ring (bicyclic) bond motifs is 1. The van der Waals surface area contributed by atoms with Gasteiger partial charge in [0.25, 0.3) is 5.91 Å². The van der Waals surface area contributed by atoms with E-state index in [1.807, 2.05) is 0 Å². The van der Waals surface area contributed by atoms with Crippen LogP contribution in [0.25, 0.3) is 11.3 Å². The van der Waals surface area contributed by atoms with Crippen molar-refractivity contribution in [2.24, 2.45) is 0 Å². The molecule has 1 amide bonds. The van der Waals surface area contributed by atoms with Gasteiger partial charge in [0.05, 0.1) is 22.9 Å². The normalized spacial score (nSPS) is 11.8. The van der Waals surface area contributed by atoms with Crippen LogP contribution >= 0.6 is 11.6 Å². The molecule has 30 heavy (non-hydrogen) atoms. The third-order valence-electron chi connectivity index (χ3n) is 4.12. The van der Waals surface area contributed by atoms with Gasteiger partial charge < -0.3 is 9.72 Å². The number of amides is 1. The number of imidazole rings is 1. The first-order valence-corrected chi connectivity index (χ1v) is 8.80. The molecule has 3 aromatic heterocycles. The average Bonchev–Trinajstić information content (AvgIpc) is 3.30. The molecule has 0 fully saturated rings. The van der Waals surface area contributed by atoms with Crippen molar-refractivity contribution >= 4 is 23.2 Å². The number of hydrogen-bond acceptors (Lipinski definition) is 4. The molecule has 3 heterocycles. The maximum absolute atomic E-state index is 13.6. The van der Waals surface area contributed by atoms with Crippen molar-refractivity contribution in [1.82, 2.24) is 29.7 Å². The SMILES string of the molecule is O=C(NCc1cn2cc(Cl)ccc2n1)c1nnn(-c2ccc(F)cc2)c1C(F)(F)F. The summed E-state index contributed by atoms with van der Waals surface area (Å²) in [5, 5.41) is 9.65. The Kier molecular flexibility index (Phi) is 4.90. The van der Waals surface area contributed by atoms with Crippen LogP contribution in [-0.2, 0) is 12.7 Å². The third kappa shape index (κ3) is 3.83. The number of carbonyl (C=O) groups is 1. The largest absolute Gasteiger partial charge is 0.435 e. The molecule has 0 atom stereocenters. The molecular formula is C18H11ClF4N6O. The van der Waals surface area contributed by atoms with E-state index in [1.54, 1.807) is 28.9 Å². The third-order valence-corrected chi connectivity index (χ3v) is 4.34. The lowest BCUT2D eigenvalue weighted by Gasteiger charge is -2.11. The quantitative estimate of drug-likeness (QED) is 0.493. The lowest BCUT2D eigenvalue weighted by molar-refractivity contribution is -0.143. The summed E-state index contributed by atoms with van der Waals surface area (Å²) >= 11 is 5.89. The van der Waals surface area contributed by atoms with E-state index < -0.39 is 29.3 Å². The number of aromatic nitrogens is 5. The van der Waals surface area contributed by atoms with Gasteiger partial charge in [0.15, 0.2) is 11.4 Å². The van der Waals surface area contributed by atoms with Gasteiger partial charge in [-0.3, -0.25) is 4.79 Å². The summed E-state index contributed by atoms with van der Waals surface area (Å²) in [4.78, 5) is 16.7. The summed E-state index contributed by atoms with van der Waals surface area (Å²) in [6, 6.07) is 7.45. The van der Waals surface area contributed by atoms with E-state index >= 15 is 0 Å². The van der Waals surface area contributed by atoms with Gasteiger partial charge in [-0.25, -0.2) is 14.1 Å². The predicted molar refractivity (Wildman–Crippen MR) is 97.7 cm³/mol. The summed E-state index contributed by atoms with van der Waals surface area (Å²) in [5.74, 6) is -1.70. The molecule has 154 valence electrons. The molecule has 0 unspecified atom stereocenters. The van der Waals surface area contributed by atoms with Gasteiger partial charge in [0.2, 0.25) is 0 Å². The highest BCUT2D eigenvalue weighted by Crippen LogP contribution is 2.32. The fraction of sp³-hybridized carbons (Fsp3) is 0.111.